The SMILES string of the molecule is C=CCOP(OCC=C)c1ccccc1. The highest BCUT2D eigenvalue weighted by molar-refractivity contribution is 7.56. The van der Waals surface area contributed by atoms with Crippen LogP contribution in [0.2, 0.25) is 0 Å². The van der Waals surface area contributed by atoms with Crippen molar-refractivity contribution in [3.05, 3.63) is 55.6 Å². The lowest BCUT2D eigenvalue weighted by Crippen LogP contribution is -2.05. The molecule has 0 heterocycles. The summed E-state index contributed by atoms with van der Waals surface area (Å²) in [7, 11) is -1.01. The van der Waals surface area contributed by atoms with Crippen molar-refractivity contribution in [2.45, 2.75) is 0 Å². The van der Waals surface area contributed by atoms with Gasteiger partial charge in [0.1, 0.15) is 0 Å². The van der Waals surface area contributed by atoms with Crippen LogP contribution in [0.4, 0.5) is 0 Å². The van der Waals surface area contributed by atoms with Crippen molar-refractivity contribution in [2.75, 3.05) is 13.2 Å². The molecule has 0 aromatic heterocycles. The zero-order valence-corrected chi connectivity index (χ0v) is 9.53. The Morgan fingerprint density at radius 2 is 1.53 bits per heavy atom. The molecule has 0 N–H and O–H groups in total. The Morgan fingerprint density at radius 3 is 2.00 bits per heavy atom. The van der Waals surface area contributed by atoms with Gasteiger partial charge in [-0.1, -0.05) is 30.4 Å². The molecule has 1 rings (SSSR count). The van der Waals surface area contributed by atoms with E-state index in [1.165, 1.54) is 0 Å². The van der Waals surface area contributed by atoms with Crippen LogP contribution in [0.1, 0.15) is 0 Å². The number of rotatable bonds is 7. The quantitative estimate of drug-likeness (QED) is 0.521. The maximum Gasteiger partial charge on any atom is 0.205 e. The molecule has 0 saturated carbocycles. The van der Waals surface area contributed by atoms with Gasteiger partial charge in [-0.25, -0.2) is 0 Å². The van der Waals surface area contributed by atoms with Crippen LogP contribution < -0.4 is 5.30 Å². The van der Waals surface area contributed by atoms with Crippen LogP contribution in [0.5, 0.6) is 0 Å². The third-order valence-corrected chi connectivity index (χ3v) is 3.07. The standard InChI is InChI=1S/C12H15O2P/c1-3-10-13-15(14-11-4-2)12-8-6-5-7-9-12/h3-9H,1-2,10-11H2. The molecule has 80 valence electrons. The lowest BCUT2D eigenvalue weighted by atomic mass is 10.4. The summed E-state index contributed by atoms with van der Waals surface area (Å²) in [5, 5.41) is 1.07. The molecule has 15 heavy (non-hydrogen) atoms. The van der Waals surface area contributed by atoms with Crippen molar-refractivity contribution in [1.29, 1.82) is 0 Å². The molecule has 0 fully saturated rings. The van der Waals surface area contributed by atoms with Crippen LogP contribution in [-0.4, -0.2) is 13.2 Å². The van der Waals surface area contributed by atoms with E-state index in [4.69, 9.17) is 9.05 Å². The van der Waals surface area contributed by atoms with Gasteiger partial charge in [0.15, 0.2) is 0 Å². The fourth-order valence-corrected chi connectivity index (χ4v) is 2.25. The monoisotopic (exact) mass is 222 g/mol. The molecule has 0 atom stereocenters. The third-order valence-electron chi connectivity index (χ3n) is 1.59. The predicted octanol–water partition coefficient (Wildman–Crippen LogP) is 3.03. The van der Waals surface area contributed by atoms with Crippen molar-refractivity contribution >= 4 is 13.7 Å². The molecular weight excluding hydrogens is 207 g/mol. The van der Waals surface area contributed by atoms with E-state index in [1.807, 2.05) is 30.3 Å². The molecule has 1 aromatic rings. The second-order valence-corrected chi connectivity index (χ2v) is 4.31. The lowest BCUT2D eigenvalue weighted by Gasteiger charge is -2.15. The maximum atomic E-state index is 5.56. The molecule has 0 aliphatic carbocycles. The minimum atomic E-state index is -1.01. The Labute approximate surface area is 92.1 Å². The Morgan fingerprint density at radius 1 is 1.00 bits per heavy atom. The van der Waals surface area contributed by atoms with Crippen LogP contribution in [0.15, 0.2) is 55.6 Å². The van der Waals surface area contributed by atoms with Gasteiger partial charge in [-0.2, -0.15) is 0 Å². The Kier molecular flexibility index (Phi) is 5.94. The Bertz CT molecular complexity index is 286. The molecule has 0 bridgehead atoms. The van der Waals surface area contributed by atoms with Crippen LogP contribution in [0.3, 0.4) is 0 Å². The highest BCUT2D eigenvalue weighted by Gasteiger charge is 2.11. The Balaban J connectivity index is 2.62. The summed E-state index contributed by atoms with van der Waals surface area (Å²) in [5.74, 6) is 0. The van der Waals surface area contributed by atoms with Gasteiger partial charge in [-0.3, -0.25) is 0 Å². The molecule has 0 radical (unpaired) electrons. The Hall–Kier alpha value is -0.950. The van der Waals surface area contributed by atoms with E-state index >= 15 is 0 Å². The molecular formula is C12H15O2P. The summed E-state index contributed by atoms with van der Waals surface area (Å²) in [6, 6.07) is 9.91. The fourth-order valence-electron chi connectivity index (χ4n) is 0.977. The molecule has 0 saturated heterocycles. The predicted molar refractivity (Wildman–Crippen MR) is 65.3 cm³/mol. The van der Waals surface area contributed by atoms with Gasteiger partial charge in [-0.05, 0) is 12.1 Å². The minimum absolute atomic E-state index is 0.498. The van der Waals surface area contributed by atoms with Gasteiger partial charge in [0.2, 0.25) is 8.38 Å². The highest BCUT2D eigenvalue weighted by atomic mass is 31.2. The summed E-state index contributed by atoms with van der Waals surface area (Å²) in [6.45, 7) is 8.23. The van der Waals surface area contributed by atoms with Gasteiger partial charge in [-0.15, -0.1) is 13.2 Å². The molecule has 0 unspecified atom stereocenters. The largest absolute Gasteiger partial charge is 0.326 e. The lowest BCUT2D eigenvalue weighted by molar-refractivity contribution is 0.299. The summed E-state index contributed by atoms with van der Waals surface area (Å²) in [5.41, 5.74) is 0. The van der Waals surface area contributed by atoms with Gasteiger partial charge in [0.05, 0.1) is 13.2 Å². The van der Waals surface area contributed by atoms with E-state index in [0.717, 1.165) is 5.30 Å². The molecule has 3 heteroatoms. The van der Waals surface area contributed by atoms with Crippen molar-refractivity contribution in [3.63, 3.8) is 0 Å². The number of hydrogen-bond donors (Lipinski definition) is 0. The zero-order valence-electron chi connectivity index (χ0n) is 8.63. The van der Waals surface area contributed by atoms with E-state index < -0.39 is 8.38 Å². The summed E-state index contributed by atoms with van der Waals surface area (Å²) >= 11 is 0. The zero-order chi connectivity index (χ0) is 10.9. The highest BCUT2D eigenvalue weighted by Crippen LogP contribution is 2.36. The van der Waals surface area contributed by atoms with Gasteiger partial charge < -0.3 is 9.05 Å². The molecule has 0 spiro atoms. The first kappa shape index (κ1) is 12.1. The van der Waals surface area contributed by atoms with E-state index in [2.05, 4.69) is 13.2 Å². The summed E-state index contributed by atoms with van der Waals surface area (Å²) < 4.78 is 11.1. The van der Waals surface area contributed by atoms with E-state index in [1.54, 1.807) is 12.2 Å². The molecule has 1 aromatic carbocycles. The van der Waals surface area contributed by atoms with Crippen molar-refractivity contribution < 1.29 is 9.05 Å². The topological polar surface area (TPSA) is 18.5 Å². The van der Waals surface area contributed by atoms with E-state index in [-0.39, 0.29) is 0 Å². The molecule has 0 aliphatic heterocycles. The minimum Gasteiger partial charge on any atom is -0.326 e. The number of hydrogen-bond acceptors (Lipinski definition) is 2. The summed E-state index contributed by atoms with van der Waals surface area (Å²) in [4.78, 5) is 0. The number of benzene rings is 1. The van der Waals surface area contributed by atoms with Crippen molar-refractivity contribution in [3.8, 4) is 0 Å². The molecule has 0 aliphatic rings. The van der Waals surface area contributed by atoms with Crippen molar-refractivity contribution in [2.24, 2.45) is 0 Å². The third kappa shape index (κ3) is 4.39. The van der Waals surface area contributed by atoms with Crippen LogP contribution in [0, 0.1) is 0 Å². The van der Waals surface area contributed by atoms with Gasteiger partial charge in [0, 0.05) is 5.30 Å². The van der Waals surface area contributed by atoms with E-state index in [9.17, 15) is 0 Å². The van der Waals surface area contributed by atoms with Crippen LogP contribution >= 0.6 is 8.38 Å². The van der Waals surface area contributed by atoms with Gasteiger partial charge >= 0.3 is 0 Å². The maximum absolute atomic E-state index is 5.56. The summed E-state index contributed by atoms with van der Waals surface area (Å²) in [6.07, 6.45) is 3.44. The normalized spacial score (nSPS) is 10.2. The van der Waals surface area contributed by atoms with Crippen LogP contribution in [-0.2, 0) is 9.05 Å². The first-order valence-corrected chi connectivity index (χ1v) is 5.89. The first-order valence-electron chi connectivity index (χ1n) is 4.71. The average Bonchev–Trinajstić information content (AvgIpc) is 2.30. The second kappa shape index (κ2) is 7.36. The second-order valence-electron chi connectivity index (χ2n) is 2.76. The average molecular weight is 222 g/mol. The van der Waals surface area contributed by atoms with Gasteiger partial charge in [0.25, 0.3) is 0 Å². The van der Waals surface area contributed by atoms with E-state index in [0.29, 0.717) is 13.2 Å². The van der Waals surface area contributed by atoms with Crippen molar-refractivity contribution in [1.82, 2.24) is 0 Å². The molecule has 2 nitrogen and oxygen atoms in total. The fraction of sp³-hybridized carbons (Fsp3) is 0.167. The first-order chi connectivity index (χ1) is 7.38. The smallest absolute Gasteiger partial charge is 0.205 e. The van der Waals surface area contributed by atoms with Crippen LogP contribution in [0.25, 0.3) is 0 Å². The molecule has 0 amide bonds.